The van der Waals surface area contributed by atoms with E-state index in [0.29, 0.717) is 25.4 Å². The monoisotopic (exact) mass is 342 g/mol. The van der Waals surface area contributed by atoms with Gasteiger partial charge in [-0.1, -0.05) is 13.8 Å². The van der Waals surface area contributed by atoms with Gasteiger partial charge in [0.1, 0.15) is 18.3 Å². The summed E-state index contributed by atoms with van der Waals surface area (Å²) in [6.45, 7) is 6.91. The molecule has 2 saturated heterocycles. The van der Waals surface area contributed by atoms with Crippen molar-refractivity contribution in [3.63, 3.8) is 0 Å². The van der Waals surface area contributed by atoms with Crippen LogP contribution in [0.1, 0.15) is 46.5 Å². The van der Waals surface area contributed by atoms with Crippen LogP contribution in [0.4, 0.5) is 0 Å². The molecule has 2 heterocycles. The first kappa shape index (κ1) is 19.3. The lowest BCUT2D eigenvalue weighted by Gasteiger charge is -2.18. The van der Waals surface area contributed by atoms with Crippen molar-refractivity contribution in [2.45, 2.75) is 83.0 Å². The maximum absolute atomic E-state index is 12.2. The van der Waals surface area contributed by atoms with Gasteiger partial charge in [-0.15, -0.1) is 0 Å². The van der Waals surface area contributed by atoms with Gasteiger partial charge >= 0.3 is 0 Å². The molecule has 0 bridgehead atoms. The van der Waals surface area contributed by atoms with Gasteiger partial charge in [-0.2, -0.15) is 0 Å². The Kier molecular flexibility index (Phi) is 7.16. The van der Waals surface area contributed by atoms with Crippen LogP contribution in [0.2, 0.25) is 0 Å². The van der Waals surface area contributed by atoms with Crippen molar-refractivity contribution in [1.29, 1.82) is 0 Å². The van der Waals surface area contributed by atoms with Gasteiger partial charge in [-0.25, -0.2) is 0 Å². The van der Waals surface area contributed by atoms with Gasteiger partial charge in [0.2, 0.25) is 5.91 Å². The van der Waals surface area contributed by atoms with Gasteiger partial charge in [0.05, 0.1) is 12.2 Å². The fourth-order valence-corrected chi connectivity index (χ4v) is 3.08. The molecule has 7 nitrogen and oxygen atoms in total. The minimum atomic E-state index is -1.06. The lowest BCUT2D eigenvalue weighted by Crippen LogP contribution is -2.40. The van der Waals surface area contributed by atoms with Crippen LogP contribution >= 0.6 is 0 Å². The summed E-state index contributed by atoms with van der Waals surface area (Å²) in [6.07, 6.45) is 0.790. The van der Waals surface area contributed by atoms with E-state index in [4.69, 9.17) is 9.47 Å². The number of aliphatic hydroxyl groups is 1. The summed E-state index contributed by atoms with van der Waals surface area (Å²) < 4.78 is 11.4. The van der Waals surface area contributed by atoms with Crippen LogP contribution < -0.4 is 10.6 Å². The molecular formula is C17H30N2O5. The average molecular weight is 342 g/mol. The molecule has 0 saturated carbocycles. The largest absolute Gasteiger partial charge is 0.386 e. The Balaban J connectivity index is 1.66. The highest BCUT2D eigenvalue weighted by atomic mass is 16.5. The van der Waals surface area contributed by atoms with Gasteiger partial charge < -0.3 is 25.2 Å². The van der Waals surface area contributed by atoms with Gasteiger partial charge in [-0.3, -0.25) is 9.59 Å². The first-order valence-corrected chi connectivity index (χ1v) is 8.90. The number of rotatable bonds is 8. The van der Waals surface area contributed by atoms with Crippen molar-refractivity contribution in [2.75, 3.05) is 13.1 Å². The average Bonchev–Trinajstić information content (AvgIpc) is 3.19. The van der Waals surface area contributed by atoms with Crippen molar-refractivity contribution >= 4 is 11.7 Å². The number of aliphatic hydroxyl groups excluding tert-OH is 1. The van der Waals surface area contributed by atoms with E-state index < -0.39 is 18.3 Å². The van der Waals surface area contributed by atoms with Crippen molar-refractivity contribution in [3.8, 4) is 0 Å². The quantitative estimate of drug-likeness (QED) is 0.581. The van der Waals surface area contributed by atoms with E-state index in [-0.39, 0.29) is 23.9 Å². The summed E-state index contributed by atoms with van der Waals surface area (Å²) in [5.41, 5.74) is 0. The summed E-state index contributed by atoms with van der Waals surface area (Å²) in [4.78, 5) is 23.9. The molecule has 2 fully saturated rings. The minimum absolute atomic E-state index is 0.0317. The minimum Gasteiger partial charge on any atom is -0.386 e. The summed E-state index contributed by atoms with van der Waals surface area (Å²) >= 11 is 0. The molecule has 24 heavy (non-hydrogen) atoms. The molecular weight excluding hydrogens is 312 g/mol. The topological polar surface area (TPSA) is 96.9 Å². The predicted molar refractivity (Wildman–Crippen MR) is 88.6 cm³/mol. The smallest absolute Gasteiger partial charge is 0.249 e. The van der Waals surface area contributed by atoms with Crippen LogP contribution in [-0.4, -0.2) is 66.4 Å². The maximum atomic E-state index is 12.2. The Morgan fingerprint density at radius 1 is 1.00 bits per heavy atom. The molecule has 0 radical (unpaired) electrons. The Bertz CT molecular complexity index is 441. The Hall–Kier alpha value is -1.02. The molecule has 3 N–H and O–H groups in total. The number of Topliss-reactive ketones (excluding diaryl/α,β-unsaturated/α-hetero) is 1. The molecule has 0 aliphatic carbocycles. The van der Waals surface area contributed by atoms with E-state index in [1.54, 1.807) is 0 Å². The molecule has 0 aromatic carbocycles. The SMILES string of the molecule is CC(C)NCC1CCC(CNC(=O)C2CCC(C(=O)C(C)O)O2)O1. The second-order valence-corrected chi connectivity index (χ2v) is 7.03. The van der Waals surface area contributed by atoms with Crippen LogP contribution in [0.5, 0.6) is 0 Å². The number of amides is 1. The lowest BCUT2D eigenvalue weighted by molar-refractivity contribution is -0.142. The predicted octanol–water partition coefficient (Wildman–Crippen LogP) is 0.146. The van der Waals surface area contributed by atoms with E-state index >= 15 is 0 Å². The third-order valence-corrected chi connectivity index (χ3v) is 4.49. The van der Waals surface area contributed by atoms with Crippen molar-refractivity contribution in [3.05, 3.63) is 0 Å². The summed E-state index contributed by atoms with van der Waals surface area (Å²) in [6, 6.07) is 0.434. The first-order chi connectivity index (χ1) is 11.4. The molecule has 0 aromatic heterocycles. The summed E-state index contributed by atoms with van der Waals surface area (Å²) in [5, 5.41) is 15.5. The van der Waals surface area contributed by atoms with E-state index in [0.717, 1.165) is 19.4 Å². The molecule has 2 aliphatic heterocycles. The van der Waals surface area contributed by atoms with Gasteiger partial charge in [0.25, 0.3) is 0 Å². The van der Waals surface area contributed by atoms with Crippen LogP contribution in [0, 0.1) is 0 Å². The third kappa shape index (κ3) is 5.51. The van der Waals surface area contributed by atoms with Crippen molar-refractivity contribution < 1.29 is 24.2 Å². The zero-order valence-corrected chi connectivity index (χ0v) is 14.8. The van der Waals surface area contributed by atoms with Crippen molar-refractivity contribution in [1.82, 2.24) is 10.6 Å². The maximum Gasteiger partial charge on any atom is 0.249 e. The number of ketones is 1. The number of ether oxygens (including phenoxy) is 2. The summed E-state index contributed by atoms with van der Waals surface area (Å²) in [5.74, 6) is -0.562. The molecule has 7 heteroatoms. The number of nitrogens with one attached hydrogen (secondary N) is 2. The van der Waals surface area contributed by atoms with Crippen LogP contribution in [0.25, 0.3) is 0 Å². The highest BCUT2D eigenvalue weighted by Crippen LogP contribution is 2.22. The number of carbonyl (C=O) groups excluding carboxylic acids is 2. The van der Waals surface area contributed by atoms with E-state index in [9.17, 15) is 14.7 Å². The Labute approximate surface area is 143 Å². The zero-order chi connectivity index (χ0) is 17.7. The summed E-state index contributed by atoms with van der Waals surface area (Å²) in [7, 11) is 0. The van der Waals surface area contributed by atoms with E-state index in [1.165, 1.54) is 6.92 Å². The van der Waals surface area contributed by atoms with E-state index in [1.807, 2.05) is 0 Å². The van der Waals surface area contributed by atoms with Crippen LogP contribution in [-0.2, 0) is 19.1 Å². The van der Waals surface area contributed by atoms with Crippen LogP contribution in [0.15, 0.2) is 0 Å². The molecule has 5 atom stereocenters. The molecule has 1 amide bonds. The zero-order valence-electron chi connectivity index (χ0n) is 14.8. The fourth-order valence-electron chi connectivity index (χ4n) is 3.08. The van der Waals surface area contributed by atoms with Crippen LogP contribution in [0.3, 0.4) is 0 Å². The second-order valence-electron chi connectivity index (χ2n) is 7.03. The molecule has 0 spiro atoms. The van der Waals surface area contributed by atoms with Gasteiger partial charge in [0, 0.05) is 19.1 Å². The second kappa shape index (κ2) is 8.89. The first-order valence-electron chi connectivity index (χ1n) is 8.90. The molecule has 2 aliphatic rings. The highest BCUT2D eigenvalue weighted by Gasteiger charge is 2.36. The number of hydrogen-bond acceptors (Lipinski definition) is 6. The Morgan fingerprint density at radius 3 is 2.25 bits per heavy atom. The molecule has 0 aromatic rings. The molecule has 138 valence electrons. The molecule has 2 rings (SSSR count). The highest BCUT2D eigenvalue weighted by molar-refractivity contribution is 5.88. The number of carbonyl (C=O) groups is 2. The normalized spacial score (nSPS) is 31.4. The third-order valence-electron chi connectivity index (χ3n) is 4.49. The van der Waals surface area contributed by atoms with Crippen molar-refractivity contribution in [2.24, 2.45) is 0 Å². The molecule has 5 unspecified atom stereocenters. The lowest BCUT2D eigenvalue weighted by atomic mass is 10.1. The van der Waals surface area contributed by atoms with E-state index in [2.05, 4.69) is 24.5 Å². The fraction of sp³-hybridized carbons (Fsp3) is 0.882. The van der Waals surface area contributed by atoms with Gasteiger partial charge in [-0.05, 0) is 32.6 Å². The standard InChI is InChI=1S/C17H30N2O5/c1-10(2)18-8-12-4-5-13(23-12)9-19-17(22)15-7-6-14(24-15)16(21)11(3)20/h10-15,18,20H,4-9H2,1-3H3,(H,19,22). The van der Waals surface area contributed by atoms with Gasteiger partial charge in [0.15, 0.2) is 5.78 Å². The number of hydrogen-bond donors (Lipinski definition) is 3. The Morgan fingerprint density at radius 2 is 1.62 bits per heavy atom.